The summed E-state index contributed by atoms with van der Waals surface area (Å²) in [7, 11) is -3.19. The highest BCUT2D eigenvalue weighted by molar-refractivity contribution is 9.10. The zero-order valence-electron chi connectivity index (χ0n) is 16.9. The quantitative estimate of drug-likeness (QED) is 0.212. The molecule has 31 heavy (non-hydrogen) atoms. The molecular weight excluding hydrogens is 467 g/mol. The third-order valence-corrected chi connectivity index (χ3v) is 9.41. The largest absolute Gasteiger partial charge is 0.313 e. The van der Waals surface area contributed by atoms with E-state index in [4.69, 9.17) is 0 Å². The van der Waals surface area contributed by atoms with Crippen molar-refractivity contribution >= 4 is 39.5 Å². The van der Waals surface area contributed by atoms with Crippen molar-refractivity contribution in [1.29, 1.82) is 0 Å². The van der Waals surface area contributed by atoms with Crippen LogP contribution in [0.15, 0.2) is 120 Å². The van der Waals surface area contributed by atoms with E-state index in [1.54, 1.807) is 0 Å². The van der Waals surface area contributed by atoms with Gasteiger partial charge >= 0.3 is 0 Å². The summed E-state index contributed by atoms with van der Waals surface area (Å²) in [5, 5.41) is 1.51. The molecule has 4 aromatic rings. The lowest BCUT2D eigenvalue weighted by molar-refractivity contribution is 0.0981. The Labute approximate surface area is 191 Å². The molecular formula is C27H22BrO2P. The number of carbonyl (C=O) groups excluding carboxylic acids is 1. The van der Waals surface area contributed by atoms with Gasteiger partial charge in [-0.2, -0.15) is 0 Å². The summed E-state index contributed by atoms with van der Waals surface area (Å²) < 4.78 is 15.9. The lowest BCUT2D eigenvalue weighted by Crippen LogP contribution is -2.23. The number of halogens is 1. The van der Waals surface area contributed by atoms with Crippen LogP contribution in [0.1, 0.15) is 28.0 Å². The molecule has 0 spiro atoms. The molecule has 0 bridgehead atoms. The molecule has 0 saturated heterocycles. The summed E-state index contributed by atoms with van der Waals surface area (Å²) >= 11 is 3.55. The van der Waals surface area contributed by atoms with Crippen molar-refractivity contribution in [1.82, 2.24) is 0 Å². The Kier molecular flexibility index (Phi) is 6.65. The minimum Gasteiger partial charge on any atom is -0.313 e. The molecule has 0 aliphatic carbocycles. The minimum absolute atomic E-state index is 0.0161. The summed E-state index contributed by atoms with van der Waals surface area (Å²) in [4.78, 5) is 13.3. The fraction of sp³-hybridized carbons (Fsp3) is 0.0741. The van der Waals surface area contributed by atoms with Gasteiger partial charge in [0, 0.05) is 27.1 Å². The van der Waals surface area contributed by atoms with Crippen LogP contribution < -0.4 is 10.6 Å². The van der Waals surface area contributed by atoms with Crippen LogP contribution in [-0.2, 0) is 4.57 Å². The van der Waals surface area contributed by atoms with Crippen LogP contribution in [0.2, 0.25) is 0 Å². The van der Waals surface area contributed by atoms with E-state index >= 15 is 4.57 Å². The minimum atomic E-state index is -3.19. The van der Waals surface area contributed by atoms with Crippen LogP contribution in [0.4, 0.5) is 0 Å². The number of Topliss-reactive ketones (excluding diaryl/α,β-unsaturated/α-hetero) is 1. The normalized spacial score (nSPS) is 12.3. The third-order valence-electron chi connectivity index (χ3n) is 5.43. The standard InChI is InChI=1S/C27H22BrO2P/c28-23-14-10-13-22(19-23)27(20-26(29)21-11-4-1-5-12-21)31(30,24-15-6-2-7-16-24)25-17-8-3-9-18-25/h1-19,27H,20H2/t27-/m0/s1. The van der Waals surface area contributed by atoms with Crippen LogP contribution in [0.25, 0.3) is 0 Å². The first-order valence-electron chi connectivity index (χ1n) is 10.1. The number of benzene rings is 4. The maximum Gasteiger partial charge on any atom is 0.163 e. The molecule has 4 heteroatoms. The van der Waals surface area contributed by atoms with E-state index in [-0.39, 0.29) is 12.2 Å². The van der Waals surface area contributed by atoms with Crippen molar-refractivity contribution in [2.24, 2.45) is 0 Å². The summed E-state index contributed by atoms with van der Waals surface area (Å²) in [5.41, 5.74) is 1.03. The molecule has 0 saturated carbocycles. The lowest BCUT2D eigenvalue weighted by atomic mass is 10.0. The van der Waals surface area contributed by atoms with Crippen LogP contribution in [-0.4, -0.2) is 5.78 Å². The molecule has 0 amide bonds. The SMILES string of the molecule is O=C(C[C@@H](c1cccc(Br)c1)P(=O)(c1ccccc1)c1ccccc1)c1ccccc1. The number of hydrogen-bond acceptors (Lipinski definition) is 2. The first kappa shape index (κ1) is 21.5. The average Bonchev–Trinajstić information content (AvgIpc) is 2.83. The van der Waals surface area contributed by atoms with Crippen molar-refractivity contribution in [2.75, 3.05) is 0 Å². The highest BCUT2D eigenvalue weighted by Crippen LogP contribution is 2.59. The van der Waals surface area contributed by atoms with Gasteiger partial charge in [-0.3, -0.25) is 4.79 Å². The second kappa shape index (κ2) is 9.60. The molecule has 2 nitrogen and oxygen atoms in total. The topological polar surface area (TPSA) is 34.1 Å². The van der Waals surface area contributed by atoms with Gasteiger partial charge in [-0.1, -0.05) is 119 Å². The Bertz CT molecular complexity index is 1160. The van der Waals surface area contributed by atoms with Crippen molar-refractivity contribution in [3.05, 3.63) is 131 Å². The second-order valence-electron chi connectivity index (χ2n) is 7.39. The number of carbonyl (C=O) groups is 1. The highest BCUT2D eigenvalue weighted by Gasteiger charge is 2.39. The lowest BCUT2D eigenvalue weighted by Gasteiger charge is -2.29. The van der Waals surface area contributed by atoms with Gasteiger partial charge in [0.05, 0.1) is 5.66 Å². The maximum absolute atomic E-state index is 15.0. The maximum atomic E-state index is 15.0. The fourth-order valence-corrected chi connectivity index (χ4v) is 7.56. The molecule has 0 radical (unpaired) electrons. The molecule has 0 fully saturated rings. The first-order chi connectivity index (χ1) is 15.1. The van der Waals surface area contributed by atoms with E-state index in [0.29, 0.717) is 5.56 Å². The summed E-state index contributed by atoms with van der Waals surface area (Å²) in [5.74, 6) is -0.0161. The fourth-order valence-electron chi connectivity index (χ4n) is 3.90. The van der Waals surface area contributed by atoms with Crippen molar-refractivity contribution < 1.29 is 9.36 Å². The summed E-state index contributed by atoms with van der Waals surface area (Å²) in [6.45, 7) is 0. The molecule has 0 aliphatic rings. The van der Waals surface area contributed by atoms with Crippen molar-refractivity contribution in [3.63, 3.8) is 0 Å². The molecule has 4 aromatic carbocycles. The molecule has 0 N–H and O–H groups in total. The van der Waals surface area contributed by atoms with Crippen LogP contribution in [0.3, 0.4) is 0 Å². The molecule has 0 aromatic heterocycles. The monoisotopic (exact) mass is 488 g/mol. The predicted molar refractivity (Wildman–Crippen MR) is 132 cm³/mol. The Morgan fingerprint density at radius 1 is 0.710 bits per heavy atom. The van der Waals surface area contributed by atoms with E-state index in [1.807, 2.05) is 115 Å². The predicted octanol–water partition coefficient (Wildman–Crippen LogP) is 6.78. The Morgan fingerprint density at radius 3 is 1.74 bits per heavy atom. The molecule has 0 heterocycles. The van der Waals surface area contributed by atoms with Crippen molar-refractivity contribution in [2.45, 2.75) is 12.1 Å². The van der Waals surface area contributed by atoms with Gasteiger partial charge in [-0.25, -0.2) is 0 Å². The van der Waals surface area contributed by atoms with E-state index in [2.05, 4.69) is 15.9 Å². The van der Waals surface area contributed by atoms with Crippen LogP contribution >= 0.6 is 23.1 Å². The Balaban J connectivity index is 1.91. The van der Waals surface area contributed by atoms with E-state index in [1.165, 1.54) is 0 Å². The zero-order chi connectivity index (χ0) is 21.7. The van der Waals surface area contributed by atoms with E-state index in [0.717, 1.165) is 20.6 Å². The van der Waals surface area contributed by atoms with Gasteiger partial charge in [0.1, 0.15) is 0 Å². The van der Waals surface area contributed by atoms with Gasteiger partial charge in [-0.05, 0) is 17.7 Å². The van der Waals surface area contributed by atoms with E-state index in [9.17, 15) is 4.79 Å². The number of hydrogen-bond donors (Lipinski definition) is 0. The highest BCUT2D eigenvalue weighted by atomic mass is 79.9. The summed E-state index contributed by atoms with van der Waals surface area (Å²) in [6.07, 6.45) is 0.154. The van der Waals surface area contributed by atoms with Gasteiger partial charge in [0.2, 0.25) is 0 Å². The van der Waals surface area contributed by atoms with Gasteiger partial charge in [-0.15, -0.1) is 0 Å². The molecule has 4 rings (SSSR count). The third kappa shape index (κ3) is 4.63. The number of rotatable bonds is 7. The molecule has 0 unspecified atom stereocenters. The van der Waals surface area contributed by atoms with Crippen molar-refractivity contribution in [3.8, 4) is 0 Å². The smallest absolute Gasteiger partial charge is 0.163 e. The van der Waals surface area contributed by atoms with E-state index < -0.39 is 12.8 Å². The second-order valence-corrected chi connectivity index (χ2v) is 11.3. The Morgan fingerprint density at radius 2 is 1.23 bits per heavy atom. The van der Waals surface area contributed by atoms with Crippen LogP contribution in [0, 0.1) is 0 Å². The number of ketones is 1. The molecule has 154 valence electrons. The average molecular weight is 489 g/mol. The first-order valence-corrected chi connectivity index (χ1v) is 12.7. The Hall–Kier alpha value is -2.74. The molecule has 0 aliphatic heterocycles. The zero-order valence-corrected chi connectivity index (χ0v) is 19.4. The molecule has 1 atom stereocenters. The van der Waals surface area contributed by atoms with Crippen LogP contribution in [0.5, 0.6) is 0 Å². The summed E-state index contributed by atoms with van der Waals surface area (Å²) in [6, 6.07) is 36.1. The van der Waals surface area contributed by atoms with Gasteiger partial charge < -0.3 is 4.57 Å². The van der Waals surface area contributed by atoms with Gasteiger partial charge in [0.25, 0.3) is 0 Å². The van der Waals surface area contributed by atoms with Gasteiger partial charge in [0.15, 0.2) is 12.9 Å².